The molecule has 0 aliphatic carbocycles. The fourth-order valence-corrected chi connectivity index (χ4v) is 3.23. The molecule has 2 aromatic carbocycles. The van der Waals surface area contributed by atoms with Gasteiger partial charge in [-0.2, -0.15) is 8.78 Å². The summed E-state index contributed by atoms with van der Waals surface area (Å²) in [6, 6.07) is 11.9. The Morgan fingerprint density at radius 3 is 2.77 bits per heavy atom. The van der Waals surface area contributed by atoms with Gasteiger partial charge in [-0.15, -0.1) is 0 Å². The summed E-state index contributed by atoms with van der Waals surface area (Å²) in [6.45, 7) is -1.79. The van der Waals surface area contributed by atoms with Gasteiger partial charge in [-0.05, 0) is 36.3 Å². The maximum atomic E-state index is 12.7. The molecule has 0 unspecified atom stereocenters. The van der Waals surface area contributed by atoms with Gasteiger partial charge in [0.05, 0.1) is 7.11 Å². The minimum Gasteiger partial charge on any atom is -0.493 e. The van der Waals surface area contributed by atoms with Gasteiger partial charge in [0, 0.05) is 36.8 Å². The summed E-state index contributed by atoms with van der Waals surface area (Å²) in [5, 5.41) is 2.73. The van der Waals surface area contributed by atoms with E-state index >= 15 is 0 Å². The van der Waals surface area contributed by atoms with E-state index in [1.807, 2.05) is 6.07 Å². The molecule has 2 amide bonds. The Labute approximate surface area is 173 Å². The molecule has 1 aliphatic rings. The molecule has 0 aromatic heterocycles. The fraction of sp³-hybridized carbons (Fsp3) is 0.273. The Morgan fingerprint density at radius 1 is 1.27 bits per heavy atom. The van der Waals surface area contributed by atoms with Crippen LogP contribution in [0, 0.1) is 0 Å². The minimum absolute atomic E-state index is 0.132. The number of rotatable bonds is 8. The summed E-state index contributed by atoms with van der Waals surface area (Å²) >= 11 is 0. The first kappa shape index (κ1) is 21.3. The smallest absolute Gasteiger partial charge is 0.387 e. The lowest BCUT2D eigenvalue weighted by molar-refractivity contribution is -0.128. The lowest BCUT2D eigenvalue weighted by Crippen LogP contribution is -2.23. The second kappa shape index (κ2) is 9.87. The molecule has 0 atom stereocenters. The third-order valence-electron chi connectivity index (χ3n) is 4.59. The molecule has 3 rings (SSSR count). The number of carbonyl (C=O) groups excluding carboxylic acids is 2. The first-order chi connectivity index (χ1) is 14.5. The van der Waals surface area contributed by atoms with Crippen molar-refractivity contribution in [3.05, 3.63) is 59.7 Å². The van der Waals surface area contributed by atoms with E-state index in [-0.39, 0.29) is 23.0 Å². The number of amides is 2. The maximum absolute atomic E-state index is 12.7. The zero-order valence-corrected chi connectivity index (χ0v) is 16.4. The van der Waals surface area contributed by atoms with Gasteiger partial charge in [-0.3, -0.25) is 9.59 Å². The molecule has 8 heteroatoms. The van der Waals surface area contributed by atoms with Crippen molar-refractivity contribution in [3.63, 3.8) is 0 Å². The number of nitrogens with one attached hydrogen (secondary N) is 1. The number of ether oxygens (including phenoxy) is 2. The Bertz CT molecular complexity index is 946. The average molecular weight is 416 g/mol. The zero-order valence-electron chi connectivity index (χ0n) is 16.4. The van der Waals surface area contributed by atoms with Crippen LogP contribution in [0.25, 0.3) is 6.08 Å². The standard InChI is InChI=1S/C22H22F2N2O4/c1-29-18-8-3-6-16(21(18)30-22(23)24)10-11-19(27)25-17-7-2-5-15(13-17)14-26-12-4-9-20(26)28/h2-3,5-8,10-11,13,22H,4,9,12,14H2,1H3,(H,25,27)/b11-10+. The topological polar surface area (TPSA) is 67.9 Å². The Hall–Kier alpha value is -3.42. The second-order valence-electron chi connectivity index (χ2n) is 6.70. The molecule has 0 spiro atoms. The van der Waals surface area contributed by atoms with Gasteiger partial charge in [-0.25, -0.2) is 0 Å². The van der Waals surface area contributed by atoms with Crippen LogP contribution in [0.5, 0.6) is 11.5 Å². The quantitative estimate of drug-likeness (QED) is 0.659. The van der Waals surface area contributed by atoms with E-state index in [0.29, 0.717) is 18.7 Å². The number of likely N-dealkylation sites (tertiary alicyclic amines) is 1. The molecule has 6 nitrogen and oxygen atoms in total. The van der Waals surface area contributed by atoms with Crippen LogP contribution < -0.4 is 14.8 Å². The molecule has 1 saturated heterocycles. The van der Waals surface area contributed by atoms with Gasteiger partial charge in [0.2, 0.25) is 11.8 Å². The molecule has 158 valence electrons. The van der Waals surface area contributed by atoms with Crippen molar-refractivity contribution in [2.24, 2.45) is 0 Å². The predicted molar refractivity (Wildman–Crippen MR) is 108 cm³/mol. The van der Waals surface area contributed by atoms with Crippen LogP contribution in [-0.2, 0) is 16.1 Å². The van der Waals surface area contributed by atoms with Crippen molar-refractivity contribution in [2.75, 3.05) is 19.0 Å². The lowest BCUT2D eigenvalue weighted by atomic mass is 10.1. The van der Waals surface area contributed by atoms with Crippen molar-refractivity contribution < 1.29 is 27.8 Å². The summed E-state index contributed by atoms with van der Waals surface area (Å²) in [5.74, 6) is -0.305. The van der Waals surface area contributed by atoms with Gasteiger partial charge >= 0.3 is 6.61 Å². The van der Waals surface area contributed by atoms with Crippen LogP contribution in [-0.4, -0.2) is 37.0 Å². The van der Waals surface area contributed by atoms with Crippen LogP contribution in [0.1, 0.15) is 24.0 Å². The molecule has 1 aliphatic heterocycles. The van der Waals surface area contributed by atoms with E-state index in [9.17, 15) is 18.4 Å². The predicted octanol–water partition coefficient (Wildman–Crippen LogP) is 4.07. The number of alkyl halides is 2. The molecule has 0 bridgehead atoms. The molecule has 1 heterocycles. The molecular weight excluding hydrogens is 394 g/mol. The van der Waals surface area contributed by atoms with E-state index < -0.39 is 12.5 Å². The highest BCUT2D eigenvalue weighted by molar-refractivity contribution is 6.02. The Kier molecular flexibility index (Phi) is 7.00. The SMILES string of the molecule is COc1cccc(/C=C/C(=O)Nc2cccc(CN3CCCC3=O)c2)c1OC(F)F. The highest BCUT2D eigenvalue weighted by Gasteiger charge is 2.20. The third-order valence-corrected chi connectivity index (χ3v) is 4.59. The summed E-state index contributed by atoms with van der Waals surface area (Å²) < 4.78 is 35.0. The lowest BCUT2D eigenvalue weighted by Gasteiger charge is -2.16. The van der Waals surface area contributed by atoms with Crippen LogP contribution in [0.2, 0.25) is 0 Å². The molecule has 1 fully saturated rings. The number of carbonyl (C=O) groups is 2. The van der Waals surface area contributed by atoms with E-state index in [1.54, 1.807) is 29.2 Å². The minimum atomic E-state index is -3.02. The van der Waals surface area contributed by atoms with Crippen LogP contribution in [0.4, 0.5) is 14.5 Å². The molecule has 30 heavy (non-hydrogen) atoms. The van der Waals surface area contributed by atoms with Crippen molar-refractivity contribution in [1.29, 1.82) is 0 Å². The van der Waals surface area contributed by atoms with Crippen molar-refractivity contribution in [3.8, 4) is 11.5 Å². The van der Waals surface area contributed by atoms with Gasteiger partial charge in [-0.1, -0.05) is 24.3 Å². The van der Waals surface area contributed by atoms with Crippen molar-refractivity contribution in [2.45, 2.75) is 26.0 Å². The van der Waals surface area contributed by atoms with Crippen LogP contribution >= 0.6 is 0 Å². The highest BCUT2D eigenvalue weighted by Crippen LogP contribution is 2.33. The number of methoxy groups -OCH3 is 1. The average Bonchev–Trinajstić information content (AvgIpc) is 3.11. The van der Waals surface area contributed by atoms with Crippen LogP contribution in [0.3, 0.4) is 0 Å². The van der Waals surface area contributed by atoms with Gasteiger partial charge in [0.15, 0.2) is 11.5 Å². The first-order valence-corrected chi connectivity index (χ1v) is 9.44. The van der Waals surface area contributed by atoms with Crippen molar-refractivity contribution in [1.82, 2.24) is 4.90 Å². The number of nitrogens with zero attached hydrogens (tertiary/aromatic N) is 1. The van der Waals surface area contributed by atoms with Crippen molar-refractivity contribution >= 4 is 23.6 Å². The molecule has 1 N–H and O–H groups in total. The molecular formula is C22H22F2N2O4. The summed E-state index contributed by atoms with van der Waals surface area (Å²) in [7, 11) is 1.34. The number of benzene rings is 2. The number of anilines is 1. The monoisotopic (exact) mass is 416 g/mol. The molecule has 0 radical (unpaired) electrons. The Balaban J connectivity index is 1.68. The highest BCUT2D eigenvalue weighted by atomic mass is 19.3. The number of para-hydroxylation sites is 1. The van der Waals surface area contributed by atoms with Gasteiger partial charge in [0.25, 0.3) is 0 Å². The summed E-state index contributed by atoms with van der Waals surface area (Å²) in [4.78, 5) is 25.9. The van der Waals surface area contributed by atoms with E-state index in [2.05, 4.69) is 10.1 Å². The Morgan fingerprint density at radius 2 is 2.07 bits per heavy atom. The normalized spacial score (nSPS) is 13.9. The third kappa shape index (κ3) is 5.56. The fourth-order valence-electron chi connectivity index (χ4n) is 3.23. The maximum Gasteiger partial charge on any atom is 0.387 e. The van der Waals surface area contributed by atoms with E-state index in [1.165, 1.54) is 31.4 Å². The van der Waals surface area contributed by atoms with E-state index in [0.717, 1.165) is 18.5 Å². The number of halogens is 2. The number of hydrogen-bond acceptors (Lipinski definition) is 4. The largest absolute Gasteiger partial charge is 0.493 e. The van der Waals surface area contributed by atoms with Gasteiger partial charge in [0.1, 0.15) is 0 Å². The molecule has 2 aromatic rings. The van der Waals surface area contributed by atoms with Crippen LogP contribution in [0.15, 0.2) is 48.5 Å². The summed E-state index contributed by atoms with van der Waals surface area (Å²) in [6.07, 6.45) is 4.04. The molecule has 0 saturated carbocycles. The first-order valence-electron chi connectivity index (χ1n) is 9.44. The number of hydrogen-bond donors (Lipinski definition) is 1. The van der Waals surface area contributed by atoms with E-state index in [4.69, 9.17) is 4.74 Å². The second-order valence-corrected chi connectivity index (χ2v) is 6.70. The summed E-state index contributed by atoms with van der Waals surface area (Å²) in [5.41, 5.74) is 1.77. The van der Waals surface area contributed by atoms with Gasteiger partial charge < -0.3 is 19.7 Å². The zero-order chi connectivity index (χ0) is 21.5.